The molecule has 1 aliphatic heterocycles. The van der Waals surface area contributed by atoms with Crippen molar-refractivity contribution in [3.63, 3.8) is 0 Å². The highest BCUT2D eigenvalue weighted by molar-refractivity contribution is 6.31. The van der Waals surface area contributed by atoms with Gasteiger partial charge in [0.15, 0.2) is 0 Å². The van der Waals surface area contributed by atoms with E-state index in [4.69, 9.17) is 16.3 Å². The average Bonchev–Trinajstić information content (AvgIpc) is 2.44. The molecule has 0 spiro atoms. The molecule has 5 heteroatoms. The summed E-state index contributed by atoms with van der Waals surface area (Å²) in [5, 5.41) is 12.7. The number of benzene rings is 1. The first-order chi connectivity index (χ1) is 9.09. The number of carbonyl (C=O) groups is 1. The molecule has 1 saturated heterocycles. The molecule has 0 radical (unpaired) electrons. The molecular formula is C14H15ClN2O2. The van der Waals surface area contributed by atoms with Gasteiger partial charge < -0.3 is 10.1 Å². The molecule has 1 N–H and O–H groups in total. The number of ether oxygens (including phenoxy) is 1. The molecule has 1 aromatic carbocycles. The van der Waals surface area contributed by atoms with Crippen LogP contribution >= 0.6 is 11.6 Å². The van der Waals surface area contributed by atoms with Gasteiger partial charge in [-0.25, -0.2) is 0 Å². The van der Waals surface area contributed by atoms with Crippen molar-refractivity contribution in [2.24, 2.45) is 5.41 Å². The van der Waals surface area contributed by atoms with Crippen LogP contribution in [0.1, 0.15) is 18.4 Å². The van der Waals surface area contributed by atoms with E-state index in [1.807, 2.05) is 6.92 Å². The van der Waals surface area contributed by atoms with Crippen LogP contribution < -0.4 is 5.32 Å². The SMILES string of the molecule is Cc1c(Cl)cccc1NC(=O)C1(C#N)CCOCC1. The minimum Gasteiger partial charge on any atom is -0.381 e. The maximum Gasteiger partial charge on any atom is 0.245 e. The van der Waals surface area contributed by atoms with Crippen molar-refractivity contribution >= 4 is 23.2 Å². The van der Waals surface area contributed by atoms with Gasteiger partial charge in [-0.15, -0.1) is 0 Å². The Morgan fingerprint density at radius 3 is 2.79 bits per heavy atom. The largest absolute Gasteiger partial charge is 0.381 e. The van der Waals surface area contributed by atoms with E-state index >= 15 is 0 Å². The van der Waals surface area contributed by atoms with Crippen molar-refractivity contribution < 1.29 is 9.53 Å². The van der Waals surface area contributed by atoms with Gasteiger partial charge in [-0.1, -0.05) is 17.7 Å². The van der Waals surface area contributed by atoms with Gasteiger partial charge in [-0.2, -0.15) is 5.26 Å². The molecule has 100 valence electrons. The van der Waals surface area contributed by atoms with Crippen LogP contribution in [0.3, 0.4) is 0 Å². The second kappa shape index (κ2) is 5.60. The number of halogens is 1. The monoisotopic (exact) mass is 278 g/mol. The van der Waals surface area contributed by atoms with Gasteiger partial charge in [0.25, 0.3) is 0 Å². The quantitative estimate of drug-likeness (QED) is 0.905. The molecule has 0 saturated carbocycles. The van der Waals surface area contributed by atoms with Gasteiger partial charge in [0.1, 0.15) is 5.41 Å². The average molecular weight is 279 g/mol. The lowest BCUT2D eigenvalue weighted by molar-refractivity contribution is -0.126. The van der Waals surface area contributed by atoms with Crippen LogP contribution in [0.5, 0.6) is 0 Å². The lowest BCUT2D eigenvalue weighted by atomic mass is 9.81. The number of nitriles is 1. The van der Waals surface area contributed by atoms with E-state index < -0.39 is 5.41 Å². The molecule has 2 rings (SSSR count). The summed E-state index contributed by atoms with van der Waals surface area (Å²) in [5.41, 5.74) is 0.462. The Labute approximate surface area is 117 Å². The third kappa shape index (κ3) is 2.73. The number of anilines is 1. The highest BCUT2D eigenvalue weighted by atomic mass is 35.5. The first-order valence-corrected chi connectivity index (χ1v) is 6.52. The molecule has 4 nitrogen and oxygen atoms in total. The Bertz CT molecular complexity index is 531. The number of rotatable bonds is 2. The second-order valence-electron chi connectivity index (χ2n) is 4.67. The zero-order chi connectivity index (χ0) is 13.9. The summed E-state index contributed by atoms with van der Waals surface area (Å²) in [6.45, 7) is 2.71. The van der Waals surface area contributed by atoms with E-state index in [-0.39, 0.29) is 5.91 Å². The van der Waals surface area contributed by atoms with E-state index in [9.17, 15) is 10.1 Å². The predicted octanol–water partition coefficient (Wildman–Crippen LogP) is 2.91. The number of nitrogens with zero attached hydrogens (tertiary/aromatic N) is 1. The summed E-state index contributed by atoms with van der Waals surface area (Å²) in [5.74, 6) is -0.274. The van der Waals surface area contributed by atoms with Crippen molar-refractivity contribution in [1.29, 1.82) is 5.26 Å². The van der Waals surface area contributed by atoms with Crippen LogP contribution in [0.4, 0.5) is 5.69 Å². The molecular weight excluding hydrogens is 264 g/mol. The fourth-order valence-electron chi connectivity index (χ4n) is 2.09. The van der Waals surface area contributed by atoms with Gasteiger partial charge in [-0.3, -0.25) is 4.79 Å². The van der Waals surface area contributed by atoms with Crippen molar-refractivity contribution in [3.8, 4) is 6.07 Å². The third-order valence-electron chi connectivity index (χ3n) is 3.51. The molecule has 0 unspecified atom stereocenters. The number of carbonyl (C=O) groups excluding carboxylic acids is 1. The Morgan fingerprint density at radius 2 is 2.16 bits per heavy atom. The first kappa shape index (κ1) is 13.9. The summed E-state index contributed by atoms with van der Waals surface area (Å²) in [6.07, 6.45) is 0.851. The van der Waals surface area contributed by atoms with E-state index in [2.05, 4.69) is 11.4 Å². The van der Waals surface area contributed by atoms with Crippen molar-refractivity contribution in [3.05, 3.63) is 28.8 Å². The lowest BCUT2D eigenvalue weighted by Crippen LogP contribution is -2.40. The molecule has 19 heavy (non-hydrogen) atoms. The Hall–Kier alpha value is -1.57. The van der Waals surface area contributed by atoms with Crippen LogP contribution in [0.15, 0.2) is 18.2 Å². The molecule has 1 aliphatic rings. The molecule has 1 heterocycles. The normalized spacial score (nSPS) is 17.5. The van der Waals surface area contributed by atoms with Crippen LogP contribution in [-0.4, -0.2) is 19.1 Å². The zero-order valence-corrected chi connectivity index (χ0v) is 11.5. The summed E-state index contributed by atoms with van der Waals surface area (Å²) < 4.78 is 5.22. The Kier molecular flexibility index (Phi) is 4.08. The lowest BCUT2D eigenvalue weighted by Gasteiger charge is -2.29. The van der Waals surface area contributed by atoms with Crippen molar-refractivity contribution in [2.45, 2.75) is 19.8 Å². The number of nitrogens with one attached hydrogen (secondary N) is 1. The maximum absolute atomic E-state index is 12.4. The van der Waals surface area contributed by atoms with E-state index in [1.54, 1.807) is 18.2 Å². The number of amides is 1. The van der Waals surface area contributed by atoms with Crippen LogP contribution in [0, 0.1) is 23.7 Å². The highest BCUT2D eigenvalue weighted by Crippen LogP contribution is 2.32. The van der Waals surface area contributed by atoms with Gasteiger partial charge in [-0.05, 0) is 37.5 Å². The smallest absolute Gasteiger partial charge is 0.245 e. The summed E-state index contributed by atoms with van der Waals surface area (Å²) in [4.78, 5) is 12.4. The molecule has 0 aromatic heterocycles. The Balaban J connectivity index is 2.20. The fourth-order valence-corrected chi connectivity index (χ4v) is 2.27. The van der Waals surface area contributed by atoms with Crippen LogP contribution in [0.25, 0.3) is 0 Å². The van der Waals surface area contributed by atoms with Crippen molar-refractivity contribution in [2.75, 3.05) is 18.5 Å². The molecule has 0 bridgehead atoms. The van der Waals surface area contributed by atoms with Crippen molar-refractivity contribution in [1.82, 2.24) is 0 Å². The van der Waals surface area contributed by atoms with Gasteiger partial charge in [0.05, 0.1) is 6.07 Å². The minimum atomic E-state index is -0.993. The predicted molar refractivity (Wildman–Crippen MR) is 72.9 cm³/mol. The molecule has 0 atom stereocenters. The van der Waals surface area contributed by atoms with Gasteiger partial charge >= 0.3 is 0 Å². The van der Waals surface area contributed by atoms with Gasteiger partial charge in [0.2, 0.25) is 5.91 Å². The first-order valence-electron chi connectivity index (χ1n) is 6.15. The summed E-state index contributed by atoms with van der Waals surface area (Å²) in [7, 11) is 0. The topological polar surface area (TPSA) is 62.1 Å². The van der Waals surface area contributed by atoms with E-state index in [0.29, 0.717) is 36.8 Å². The number of hydrogen-bond donors (Lipinski definition) is 1. The standard InChI is InChI=1S/C14H15ClN2O2/c1-10-11(15)3-2-4-12(10)17-13(18)14(9-16)5-7-19-8-6-14/h2-4H,5-8H2,1H3,(H,17,18). The minimum absolute atomic E-state index is 0.274. The number of hydrogen-bond acceptors (Lipinski definition) is 3. The summed E-state index contributed by atoms with van der Waals surface area (Å²) in [6, 6.07) is 7.46. The second-order valence-corrected chi connectivity index (χ2v) is 5.08. The molecule has 1 amide bonds. The van der Waals surface area contributed by atoms with E-state index in [0.717, 1.165) is 5.56 Å². The highest BCUT2D eigenvalue weighted by Gasteiger charge is 2.40. The van der Waals surface area contributed by atoms with E-state index in [1.165, 1.54) is 0 Å². The maximum atomic E-state index is 12.4. The third-order valence-corrected chi connectivity index (χ3v) is 3.92. The summed E-state index contributed by atoms with van der Waals surface area (Å²) >= 11 is 6.02. The van der Waals surface area contributed by atoms with Gasteiger partial charge in [0, 0.05) is 23.9 Å². The Morgan fingerprint density at radius 1 is 1.47 bits per heavy atom. The molecule has 0 aliphatic carbocycles. The van der Waals surface area contributed by atoms with Crippen LogP contribution in [0.2, 0.25) is 5.02 Å². The molecule has 1 fully saturated rings. The molecule has 1 aromatic rings. The van der Waals surface area contributed by atoms with Crippen LogP contribution in [-0.2, 0) is 9.53 Å². The fraction of sp³-hybridized carbons (Fsp3) is 0.429. The zero-order valence-electron chi connectivity index (χ0n) is 10.7.